The Labute approximate surface area is 125 Å². The van der Waals surface area contributed by atoms with Crippen molar-refractivity contribution in [3.63, 3.8) is 0 Å². The summed E-state index contributed by atoms with van der Waals surface area (Å²) in [5.41, 5.74) is 0. The zero-order chi connectivity index (χ0) is 15.6. The number of amides is 2. The van der Waals surface area contributed by atoms with Crippen molar-refractivity contribution < 1.29 is 9.90 Å². The summed E-state index contributed by atoms with van der Waals surface area (Å²) in [5.74, 6) is 1.89. The van der Waals surface area contributed by atoms with Crippen LogP contribution in [0.2, 0.25) is 0 Å². The van der Waals surface area contributed by atoms with Crippen LogP contribution in [0.5, 0.6) is 0 Å². The highest BCUT2D eigenvalue weighted by molar-refractivity contribution is 5.74. The van der Waals surface area contributed by atoms with Crippen LogP contribution in [0.25, 0.3) is 0 Å². The lowest BCUT2D eigenvalue weighted by Crippen LogP contribution is -2.51. The van der Waals surface area contributed by atoms with Crippen LogP contribution >= 0.6 is 0 Å². The predicted molar refractivity (Wildman–Crippen MR) is 78.9 cm³/mol. The number of aliphatic hydroxyl groups is 1. The standard InChI is InChI=1S/C14H25N5O2/c1-8(2)15-14(21)17-11-7-10(5-6-12(11)20)13-16-9(3)18-19(13)4/h8,10-12,20H,5-7H2,1-4H3,(H2,15,17,21)/t10-,11+,12+/m0/s1. The molecule has 0 unspecified atom stereocenters. The third-order valence-corrected chi connectivity index (χ3v) is 3.82. The number of hydrogen-bond acceptors (Lipinski definition) is 4. The molecule has 3 N–H and O–H groups in total. The Bertz CT molecular complexity index is 500. The number of hydrogen-bond donors (Lipinski definition) is 3. The van der Waals surface area contributed by atoms with E-state index in [-0.39, 0.29) is 24.0 Å². The van der Waals surface area contributed by atoms with Gasteiger partial charge in [-0.2, -0.15) is 5.10 Å². The van der Waals surface area contributed by atoms with Gasteiger partial charge in [0.15, 0.2) is 0 Å². The molecular weight excluding hydrogens is 270 g/mol. The molecule has 1 aliphatic rings. The van der Waals surface area contributed by atoms with Crippen LogP contribution in [0, 0.1) is 6.92 Å². The van der Waals surface area contributed by atoms with Gasteiger partial charge in [-0.05, 0) is 40.0 Å². The number of nitrogens with one attached hydrogen (secondary N) is 2. The minimum atomic E-state index is -0.506. The molecule has 2 rings (SSSR count). The topological polar surface area (TPSA) is 92.1 Å². The Kier molecular flexibility index (Phi) is 4.82. The second-order valence-electron chi connectivity index (χ2n) is 6.10. The average molecular weight is 295 g/mol. The smallest absolute Gasteiger partial charge is 0.315 e. The fraction of sp³-hybridized carbons (Fsp3) is 0.786. The van der Waals surface area contributed by atoms with Crippen LogP contribution in [-0.2, 0) is 7.05 Å². The number of nitrogens with zero attached hydrogens (tertiary/aromatic N) is 3. The number of carbonyl (C=O) groups excluding carboxylic acids is 1. The maximum atomic E-state index is 11.8. The summed E-state index contributed by atoms with van der Waals surface area (Å²) in [6.07, 6.45) is 1.69. The van der Waals surface area contributed by atoms with Crippen molar-refractivity contribution in [3.8, 4) is 0 Å². The van der Waals surface area contributed by atoms with Crippen molar-refractivity contribution >= 4 is 6.03 Å². The number of aryl methyl sites for hydroxylation is 2. The van der Waals surface area contributed by atoms with E-state index in [4.69, 9.17) is 0 Å². The number of rotatable bonds is 3. The first-order valence-electron chi connectivity index (χ1n) is 7.49. The van der Waals surface area contributed by atoms with E-state index in [0.29, 0.717) is 12.8 Å². The number of aromatic nitrogens is 3. The monoisotopic (exact) mass is 295 g/mol. The molecule has 1 heterocycles. The van der Waals surface area contributed by atoms with Gasteiger partial charge in [0.25, 0.3) is 0 Å². The second-order valence-corrected chi connectivity index (χ2v) is 6.10. The van der Waals surface area contributed by atoms with Crippen molar-refractivity contribution in [2.45, 2.75) is 64.1 Å². The Balaban J connectivity index is 2.02. The molecule has 2 amide bonds. The van der Waals surface area contributed by atoms with Crippen molar-refractivity contribution in [2.24, 2.45) is 7.05 Å². The normalized spacial score (nSPS) is 25.9. The number of aliphatic hydroxyl groups excluding tert-OH is 1. The molecule has 0 spiro atoms. The summed E-state index contributed by atoms with van der Waals surface area (Å²) in [6, 6.07) is -0.411. The molecule has 118 valence electrons. The fourth-order valence-corrected chi connectivity index (χ4v) is 2.90. The van der Waals surface area contributed by atoms with Crippen LogP contribution in [0.3, 0.4) is 0 Å². The Morgan fingerprint density at radius 3 is 2.71 bits per heavy atom. The SMILES string of the molecule is Cc1nc([C@H]2CC[C@@H](O)[C@H](NC(=O)NC(C)C)C2)n(C)n1. The predicted octanol–water partition coefficient (Wildman–Crippen LogP) is 0.828. The highest BCUT2D eigenvalue weighted by Crippen LogP contribution is 2.32. The van der Waals surface area contributed by atoms with Gasteiger partial charge in [0, 0.05) is 19.0 Å². The number of carbonyl (C=O) groups is 1. The summed E-state index contributed by atoms with van der Waals surface area (Å²) in [5, 5.41) is 20.0. The Morgan fingerprint density at radius 1 is 1.43 bits per heavy atom. The molecule has 3 atom stereocenters. The molecular formula is C14H25N5O2. The first-order valence-corrected chi connectivity index (χ1v) is 7.49. The molecule has 21 heavy (non-hydrogen) atoms. The van der Waals surface area contributed by atoms with Gasteiger partial charge < -0.3 is 15.7 Å². The summed E-state index contributed by atoms with van der Waals surface area (Å²) in [7, 11) is 1.88. The van der Waals surface area contributed by atoms with Gasteiger partial charge in [0.2, 0.25) is 0 Å². The minimum absolute atomic E-state index is 0.0721. The maximum Gasteiger partial charge on any atom is 0.315 e. The molecule has 1 fully saturated rings. The summed E-state index contributed by atoms with van der Waals surface area (Å²) in [4.78, 5) is 16.3. The van der Waals surface area contributed by atoms with Crippen LogP contribution in [0.15, 0.2) is 0 Å². The van der Waals surface area contributed by atoms with Crippen molar-refractivity contribution in [1.29, 1.82) is 0 Å². The van der Waals surface area contributed by atoms with E-state index in [0.717, 1.165) is 18.1 Å². The molecule has 0 radical (unpaired) electrons. The molecule has 0 aliphatic heterocycles. The van der Waals surface area contributed by atoms with Crippen molar-refractivity contribution in [1.82, 2.24) is 25.4 Å². The van der Waals surface area contributed by atoms with E-state index in [1.165, 1.54) is 0 Å². The highest BCUT2D eigenvalue weighted by Gasteiger charge is 2.33. The van der Waals surface area contributed by atoms with Gasteiger partial charge in [0.05, 0.1) is 12.1 Å². The van der Waals surface area contributed by atoms with E-state index >= 15 is 0 Å². The molecule has 0 aromatic carbocycles. The molecule has 1 aromatic heterocycles. The van der Waals surface area contributed by atoms with Crippen LogP contribution in [0.1, 0.15) is 50.7 Å². The summed E-state index contributed by atoms with van der Waals surface area (Å²) >= 11 is 0. The molecule has 0 bridgehead atoms. The van der Waals surface area contributed by atoms with E-state index < -0.39 is 6.10 Å². The molecule has 7 nitrogen and oxygen atoms in total. The number of urea groups is 1. The summed E-state index contributed by atoms with van der Waals surface area (Å²) < 4.78 is 1.79. The van der Waals surface area contributed by atoms with Gasteiger partial charge >= 0.3 is 6.03 Å². The third-order valence-electron chi connectivity index (χ3n) is 3.82. The second kappa shape index (κ2) is 6.43. The quantitative estimate of drug-likeness (QED) is 0.770. The molecule has 7 heteroatoms. The lowest BCUT2D eigenvalue weighted by Gasteiger charge is -2.33. The summed E-state index contributed by atoms with van der Waals surface area (Å²) in [6.45, 7) is 5.68. The zero-order valence-electron chi connectivity index (χ0n) is 13.1. The molecule has 1 aromatic rings. The first-order chi connectivity index (χ1) is 9.86. The van der Waals surface area contributed by atoms with Crippen molar-refractivity contribution in [3.05, 3.63) is 11.6 Å². The maximum absolute atomic E-state index is 11.8. The third kappa shape index (κ3) is 3.93. The van der Waals surface area contributed by atoms with Crippen LogP contribution in [0.4, 0.5) is 4.79 Å². The van der Waals surface area contributed by atoms with E-state index in [2.05, 4.69) is 20.7 Å². The van der Waals surface area contributed by atoms with Gasteiger partial charge in [-0.25, -0.2) is 9.78 Å². The Hall–Kier alpha value is -1.63. The van der Waals surface area contributed by atoms with E-state index in [1.807, 2.05) is 27.8 Å². The van der Waals surface area contributed by atoms with Crippen LogP contribution < -0.4 is 10.6 Å². The van der Waals surface area contributed by atoms with Gasteiger partial charge in [-0.3, -0.25) is 4.68 Å². The van der Waals surface area contributed by atoms with Gasteiger partial charge in [0.1, 0.15) is 11.6 Å². The lowest BCUT2D eigenvalue weighted by molar-refractivity contribution is 0.0849. The zero-order valence-corrected chi connectivity index (χ0v) is 13.1. The van der Waals surface area contributed by atoms with Crippen molar-refractivity contribution in [2.75, 3.05) is 0 Å². The van der Waals surface area contributed by atoms with Gasteiger partial charge in [-0.15, -0.1) is 0 Å². The van der Waals surface area contributed by atoms with Gasteiger partial charge in [-0.1, -0.05) is 0 Å². The lowest BCUT2D eigenvalue weighted by atomic mass is 9.83. The minimum Gasteiger partial charge on any atom is -0.391 e. The van der Waals surface area contributed by atoms with Crippen LogP contribution in [-0.4, -0.2) is 44.1 Å². The highest BCUT2D eigenvalue weighted by atomic mass is 16.3. The van der Waals surface area contributed by atoms with E-state index in [1.54, 1.807) is 4.68 Å². The fourth-order valence-electron chi connectivity index (χ4n) is 2.90. The van der Waals surface area contributed by atoms with E-state index in [9.17, 15) is 9.90 Å². The average Bonchev–Trinajstić information content (AvgIpc) is 2.70. The first kappa shape index (κ1) is 15.8. The Morgan fingerprint density at radius 2 is 2.14 bits per heavy atom. The largest absolute Gasteiger partial charge is 0.391 e. The molecule has 1 aliphatic carbocycles. The molecule has 0 saturated heterocycles. The molecule has 1 saturated carbocycles.